The Kier molecular flexibility index (Phi) is 17.8. The van der Waals surface area contributed by atoms with E-state index in [4.69, 9.17) is 30.3 Å². The number of esters is 4. The van der Waals surface area contributed by atoms with Gasteiger partial charge in [-0.3, -0.25) is 14.4 Å². The van der Waals surface area contributed by atoms with Crippen LogP contribution in [0.3, 0.4) is 0 Å². The van der Waals surface area contributed by atoms with Gasteiger partial charge < -0.3 is 28.8 Å². The number of ether oxygens (including phenoxy) is 5. The first-order valence-electron chi connectivity index (χ1n) is 20.1. The molecule has 0 unspecified atom stereocenters. The van der Waals surface area contributed by atoms with E-state index in [0.717, 1.165) is 0 Å². The molecule has 0 amide bonds. The maximum absolute atomic E-state index is 13.3. The molecule has 0 radical (unpaired) electrons. The Bertz CT molecular complexity index is 2130. The molecule has 0 spiro atoms. The van der Waals surface area contributed by atoms with Crippen molar-refractivity contribution in [2.24, 2.45) is 10.8 Å². The van der Waals surface area contributed by atoms with Gasteiger partial charge in [-0.05, 0) is 52.8 Å². The van der Waals surface area contributed by atoms with Gasteiger partial charge in [-0.25, -0.2) is 9.64 Å². The Hall–Kier alpha value is -7.02. The monoisotopic (exact) mass is 840 g/mol. The summed E-state index contributed by atoms with van der Waals surface area (Å²) in [7, 11) is 1.55. The number of aliphatic hydroxyl groups excluding tert-OH is 1. The van der Waals surface area contributed by atoms with Crippen LogP contribution in [0.1, 0.15) is 81.2 Å². The molecule has 322 valence electrons. The Labute approximate surface area is 363 Å². The zero-order chi connectivity index (χ0) is 45.1. The summed E-state index contributed by atoms with van der Waals surface area (Å²) in [4.78, 5) is 55.3. The molecule has 62 heavy (non-hydrogen) atoms. The number of nitrogens with zero attached hydrogens (tertiary/aromatic N) is 2. The average molecular weight is 841 g/mol. The molecule has 0 saturated carbocycles. The molecular formula is C50H52N2O10. The summed E-state index contributed by atoms with van der Waals surface area (Å²) in [5, 5.41) is 19.5. The van der Waals surface area contributed by atoms with Crippen LogP contribution in [0.2, 0.25) is 0 Å². The molecule has 12 heteroatoms. The average Bonchev–Trinajstić information content (AvgIpc) is 3.29. The van der Waals surface area contributed by atoms with Crippen molar-refractivity contribution in [2.45, 2.75) is 60.0 Å². The minimum Gasteiger partial charge on any atom is -0.497 e. The van der Waals surface area contributed by atoms with E-state index >= 15 is 0 Å². The largest absolute Gasteiger partial charge is 0.497 e. The van der Waals surface area contributed by atoms with Crippen LogP contribution in [0.15, 0.2) is 120 Å². The van der Waals surface area contributed by atoms with E-state index < -0.39 is 34.7 Å². The normalized spacial score (nSPS) is 12.1. The van der Waals surface area contributed by atoms with Crippen molar-refractivity contribution < 1.29 is 48.0 Å². The quantitative estimate of drug-likeness (QED) is 0.0213. The third kappa shape index (κ3) is 14.3. The number of carbonyl (C=O) groups excluding carboxylic acids is 4. The van der Waals surface area contributed by atoms with Gasteiger partial charge in [-0.1, -0.05) is 125 Å². The summed E-state index contributed by atoms with van der Waals surface area (Å²) in [5.41, 5.74) is 2.15. The van der Waals surface area contributed by atoms with Gasteiger partial charge in [-0.15, -0.1) is 0 Å². The van der Waals surface area contributed by atoms with Gasteiger partial charge in [-0.2, -0.15) is 5.26 Å². The maximum Gasteiger partial charge on any atom is 0.349 e. The first-order valence-corrected chi connectivity index (χ1v) is 20.1. The summed E-state index contributed by atoms with van der Waals surface area (Å²) in [5.74, 6) is -1.95. The number of methoxy groups -OCH3 is 1. The van der Waals surface area contributed by atoms with Crippen molar-refractivity contribution in [1.29, 1.82) is 5.26 Å². The van der Waals surface area contributed by atoms with Gasteiger partial charge in [0.2, 0.25) is 0 Å². The predicted octanol–water partition coefficient (Wildman–Crippen LogP) is 8.68. The molecule has 0 aromatic heterocycles. The van der Waals surface area contributed by atoms with Crippen molar-refractivity contribution in [3.05, 3.63) is 160 Å². The fraction of sp³-hybridized carbons (Fsp3) is 0.320. The fourth-order valence-electron chi connectivity index (χ4n) is 6.03. The topological polar surface area (TPSA) is 163 Å². The summed E-state index contributed by atoms with van der Waals surface area (Å²) >= 11 is 0. The lowest BCUT2D eigenvalue weighted by Gasteiger charge is -2.24. The van der Waals surface area contributed by atoms with Crippen LogP contribution in [0.5, 0.6) is 5.75 Å². The third-order valence-electron chi connectivity index (χ3n) is 9.48. The van der Waals surface area contributed by atoms with E-state index in [1.807, 2.05) is 42.5 Å². The van der Waals surface area contributed by atoms with Gasteiger partial charge in [0.05, 0.1) is 40.1 Å². The second-order valence-corrected chi connectivity index (χ2v) is 16.0. The van der Waals surface area contributed by atoms with Gasteiger partial charge in [0.15, 0.2) is 0 Å². The summed E-state index contributed by atoms with van der Waals surface area (Å²) in [6.45, 7) is 14.4. The molecule has 4 rings (SSSR count). The minimum atomic E-state index is -0.821. The summed E-state index contributed by atoms with van der Waals surface area (Å²) in [6, 6.07) is 34.0. The highest BCUT2D eigenvalue weighted by molar-refractivity contribution is 6.05. The number of unbranched alkanes of at least 4 members (excludes halogenated alkanes) is 1. The van der Waals surface area contributed by atoms with Crippen LogP contribution in [0.25, 0.3) is 16.0 Å². The number of hydrogen-bond acceptors (Lipinski definition) is 11. The molecule has 4 aromatic rings. The fourth-order valence-corrected chi connectivity index (χ4v) is 6.03. The number of aliphatic hydroxyl groups is 1. The van der Waals surface area contributed by atoms with Crippen LogP contribution in [-0.2, 0) is 44.7 Å². The van der Waals surface area contributed by atoms with Crippen molar-refractivity contribution in [1.82, 2.24) is 0 Å². The minimum absolute atomic E-state index is 0.0428. The highest BCUT2D eigenvalue weighted by Crippen LogP contribution is 2.31. The predicted molar refractivity (Wildman–Crippen MR) is 232 cm³/mol. The smallest absolute Gasteiger partial charge is 0.349 e. The second-order valence-electron chi connectivity index (χ2n) is 16.0. The Morgan fingerprint density at radius 3 is 1.48 bits per heavy atom. The molecule has 0 fully saturated rings. The number of nitriles is 1. The van der Waals surface area contributed by atoms with E-state index in [1.54, 1.807) is 108 Å². The molecule has 0 aliphatic heterocycles. The molecular weight excluding hydrogens is 789 g/mol. The lowest BCUT2D eigenvalue weighted by molar-refractivity contribution is -0.153. The molecule has 0 aliphatic rings. The Balaban J connectivity index is 1.21. The molecule has 12 nitrogen and oxygen atoms in total. The lowest BCUT2D eigenvalue weighted by Crippen LogP contribution is -2.29. The molecule has 0 atom stereocenters. The SMILES string of the molecule is [C-]#[N+]/C(C(=O)OCC(C)(C)COC(=O)CCCCC(=O)OCC(C)(C)COC(=O)/C(C#N)=C(/c1ccccc1)c1ccc(CO)cc1)=C(\c1ccccc1)c1ccc(OC)cc1. The van der Waals surface area contributed by atoms with Crippen molar-refractivity contribution >= 4 is 35.0 Å². The van der Waals surface area contributed by atoms with Gasteiger partial charge >= 0.3 is 23.9 Å². The molecule has 1 N–H and O–H groups in total. The van der Waals surface area contributed by atoms with Crippen LogP contribution in [0, 0.1) is 28.7 Å². The lowest BCUT2D eigenvalue weighted by atomic mass is 9.92. The summed E-state index contributed by atoms with van der Waals surface area (Å²) < 4.78 is 27.4. The highest BCUT2D eigenvalue weighted by atomic mass is 16.6. The molecule has 0 heterocycles. The Morgan fingerprint density at radius 2 is 1.03 bits per heavy atom. The Morgan fingerprint density at radius 1 is 0.613 bits per heavy atom. The standard InChI is InChI=1S/C50H52N2O10/c1-49(2,33-61-47(56)41(29-51)44(36-15-9-7-10-16-36)38-23-21-35(30-53)22-24-38)31-59-42(54)19-13-14-20-43(55)60-32-50(3,4)34-62-48(57)46(52-5)45(37-17-11-8-12-18-37)39-25-27-40(58-6)28-26-39/h7-12,15-18,21-28,53H,13-14,19-20,30-34H2,1-4,6H3/b44-41-,46-45+. The van der Waals surface area contributed by atoms with E-state index in [1.165, 1.54) is 0 Å². The third-order valence-corrected chi connectivity index (χ3v) is 9.48. The van der Waals surface area contributed by atoms with E-state index in [-0.39, 0.29) is 57.1 Å². The highest BCUT2D eigenvalue weighted by Gasteiger charge is 2.28. The number of hydrogen-bond donors (Lipinski definition) is 1. The maximum atomic E-state index is 13.3. The first-order chi connectivity index (χ1) is 29.7. The van der Waals surface area contributed by atoms with Crippen LogP contribution in [-0.4, -0.2) is 62.5 Å². The molecule has 0 aliphatic carbocycles. The van der Waals surface area contributed by atoms with E-state index in [0.29, 0.717) is 57.6 Å². The molecule has 4 aromatic carbocycles. The van der Waals surface area contributed by atoms with Crippen LogP contribution in [0.4, 0.5) is 0 Å². The molecule has 0 bridgehead atoms. The van der Waals surface area contributed by atoms with E-state index in [2.05, 4.69) is 4.85 Å². The zero-order valence-corrected chi connectivity index (χ0v) is 35.8. The van der Waals surface area contributed by atoms with Crippen molar-refractivity contribution in [3.8, 4) is 11.8 Å². The van der Waals surface area contributed by atoms with Gasteiger partial charge in [0, 0.05) is 34.8 Å². The second kappa shape index (κ2) is 23.1. The molecule has 0 saturated heterocycles. The van der Waals surface area contributed by atoms with Crippen LogP contribution >= 0.6 is 0 Å². The number of benzene rings is 4. The first kappa shape index (κ1) is 47.7. The van der Waals surface area contributed by atoms with Gasteiger partial charge in [0.25, 0.3) is 5.70 Å². The number of rotatable bonds is 21. The van der Waals surface area contributed by atoms with Gasteiger partial charge in [0.1, 0.15) is 24.0 Å². The zero-order valence-electron chi connectivity index (χ0n) is 35.8. The number of carbonyl (C=O) groups is 4. The van der Waals surface area contributed by atoms with Crippen LogP contribution < -0.4 is 4.74 Å². The van der Waals surface area contributed by atoms with Crippen molar-refractivity contribution in [2.75, 3.05) is 33.5 Å². The van der Waals surface area contributed by atoms with E-state index in [9.17, 15) is 29.5 Å². The summed E-state index contributed by atoms with van der Waals surface area (Å²) in [6.07, 6.45) is 0.849. The van der Waals surface area contributed by atoms with Crippen molar-refractivity contribution in [3.63, 3.8) is 0 Å².